The number of rotatable bonds is 6. The van der Waals surface area contributed by atoms with Gasteiger partial charge < -0.3 is 9.73 Å². The molecule has 2 aromatic carbocycles. The Balaban J connectivity index is 1.53. The fourth-order valence-corrected chi connectivity index (χ4v) is 3.80. The standard InChI is InChI=1S/C19H16N4O4S/c24-19(17-8-1-4-13-11-20-23-18(13)17)22-14-5-2-7-16(10-14)28(25,26)21-12-15-6-3-9-27-15/h1-11,21H,12H2,(H,20,23)(H,22,24). The van der Waals surface area contributed by atoms with Crippen LogP contribution in [0, 0.1) is 0 Å². The topological polar surface area (TPSA) is 117 Å². The van der Waals surface area contributed by atoms with E-state index < -0.39 is 10.0 Å². The molecule has 4 aromatic rings. The molecule has 0 spiro atoms. The van der Waals surface area contributed by atoms with Gasteiger partial charge in [-0.1, -0.05) is 18.2 Å². The van der Waals surface area contributed by atoms with Crippen LogP contribution in [0.3, 0.4) is 0 Å². The number of hydrogen-bond acceptors (Lipinski definition) is 5. The Kier molecular flexibility index (Phi) is 4.68. The van der Waals surface area contributed by atoms with Crippen LogP contribution in [0.5, 0.6) is 0 Å². The Hall–Kier alpha value is -3.43. The van der Waals surface area contributed by atoms with Crippen LogP contribution in [0.2, 0.25) is 0 Å². The van der Waals surface area contributed by atoms with E-state index in [2.05, 4.69) is 20.2 Å². The summed E-state index contributed by atoms with van der Waals surface area (Å²) in [5.74, 6) is 0.133. The number of carbonyl (C=O) groups excluding carboxylic acids is 1. The first-order valence-electron chi connectivity index (χ1n) is 8.38. The van der Waals surface area contributed by atoms with Crippen LogP contribution in [0.15, 0.2) is 76.4 Å². The number of H-pyrrole nitrogens is 1. The summed E-state index contributed by atoms with van der Waals surface area (Å²) in [4.78, 5) is 12.7. The summed E-state index contributed by atoms with van der Waals surface area (Å²) in [5.41, 5.74) is 1.39. The molecule has 0 unspecified atom stereocenters. The third-order valence-corrected chi connectivity index (χ3v) is 5.54. The maximum atomic E-state index is 12.6. The molecule has 2 aromatic heterocycles. The van der Waals surface area contributed by atoms with Crippen molar-refractivity contribution in [1.82, 2.24) is 14.9 Å². The predicted octanol–water partition coefficient (Wildman–Crippen LogP) is 2.89. The van der Waals surface area contributed by atoms with Gasteiger partial charge in [-0.25, -0.2) is 13.1 Å². The average Bonchev–Trinajstić information content (AvgIpc) is 3.38. The minimum atomic E-state index is -3.76. The minimum absolute atomic E-state index is 0.0355. The molecular formula is C19H16N4O4S. The SMILES string of the molecule is O=C(Nc1cccc(S(=O)(=O)NCc2ccco2)c1)c1cccc2cn[nH]c12. The molecule has 8 nitrogen and oxygen atoms in total. The Morgan fingerprint density at radius 1 is 1.11 bits per heavy atom. The van der Waals surface area contributed by atoms with Crippen molar-refractivity contribution in [1.29, 1.82) is 0 Å². The van der Waals surface area contributed by atoms with Gasteiger partial charge in [-0.15, -0.1) is 0 Å². The highest BCUT2D eigenvalue weighted by molar-refractivity contribution is 7.89. The number of amides is 1. The number of hydrogen-bond donors (Lipinski definition) is 3. The maximum absolute atomic E-state index is 12.6. The fraction of sp³-hybridized carbons (Fsp3) is 0.0526. The van der Waals surface area contributed by atoms with Crippen LogP contribution < -0.4 is 10.0 Å². The zero-order valence-corrected chi connectivity index (χ0v) is 15.4. The van der Waals surface area contributed by atoms with E-state index in [1.807, 2.05) is 6.07 Å². The van der Waals surface area contributed by atoms with E-state index in [1.165, 1.54) is 18.4 Å². The van der Waals surface area contributed by atoms with Gasteiger partial charge in [0.2, 0.25) is 10.0 Å². The van der Waals surface area contributed by atoms with Crippen LogP contribution in [-0.2, 0) is 16.6 Å². The third-order valence-electron chi connectivity index (χ3n) is 4.14. The van der Waals surface area contributed by atoms with E-state index in [4.69, 9.17) is 4.42 Å². The normalized spacial score (nSPS) is 11.6. The third kappa shape index (κ3) is 3.66. The van der Waals surface area contributed by atoms with Crippen LogP contribution in [-0.4, -0.2) is 24.5 Å². The lowest BCUT2D eigenvalue weighted by atomic mass is 10.1. The first-order valence-corrected chi connectivity index (χ1v) is 9.87. The second kappa shape index (κ2) is 7.29. The number of nitrogens with zero attached hydrogens (tertiary/aromatic N) is 1. The molecule has 0 saturated heterocycles. The smallest absolute Gasteiger partial charge is 0.257 e. The van der Waals surface area contributed by atoms with E-state index >= 15 is 0 Å². The number of benzene rings is 2. The molecule has 1 amide bonds. The molecule has 142 valence electrons. The summed E-state index contributed by atoms with van der Waals surface area (Å²) >= 11 is 0. The van der Waals surface area contributed by atoms with Crippen molar-refractivity contribution < 1.29 is 17.6 Å². The lowest BCUT2D eigenvalue weighted by Gasteiger charge is -2.09. The van der Waals surface area contributed by atoms with Crippen LogP contribution in [0.25, 0.3) is 10.9 Å². The molecule has 0 radical (unpaired) electrons. The Morgan fingerprint density at radius 3 is 2.79 bits per heavy atom. The summed E-state index contributed by atoms with van der Waals surface area (Å²) in [6, 6.07) is 14.7. The van der Waals surface area contributed by atoms with Crippen molar-refractivity contribution >= 4 is 32.5 Å². The molecule has 0 atom stereocenters. The Labute approximate surface area is 160 Å². The summed E-state index contributed by atoms with van der Waals surface area (Å²) in [6.45, 7) is 0.0355. The molecule has 0 bridgehead atoms. The molecule has 9 heteroatoms. The lowest BCUT2D eigenvalue weighted by molar-refractivity contribution is 0.102. The molecule has 0 aliphatic carbocycles. The van der Waals surface area contributed by atoms with Gasteiger partial charge >= 0.3 is 0 Å². The largest absolute Gasteiger partial charge is 0.468 e. The second-order valence-electron chi connectivity index (χ2n) is 6.03. The summed E-state index contributed by atoms with van der Waals surface area (Å²) < 4.78 is 32.6. The molecule has 28 heavy (non-hydrogen) atoms. The number of aromatic amines is 1. The van der Waals surface area contributed by atoms with Gasteiger partial charge in [-0.3, -0.25) is 9.89 Å². The highest BCUT2D eigenvalue weighted by Gasteiger charge is 2.16. The van der Waals surface area contributed by atoms with Crippen molar-refractivity contribution in [3.8, 4) is 0 Å². The van der Waals surface area contributed by atoms with Crippen molar-refractivity contribution in [2.24, 2.45) is 0 Å². The highest BCUT2D eigenvalue weighted by Crippen LogP contribution is 2.20. The van der Waals surface area contributed by atoms with Crippen molar-refractivity contribution in [3.63, 3.8) is 0 Å². The zero-order chi connectivity index (χ0) is 19.6. The molecule has 2 heterocycles. The summed E-state index contributed by atoms with van der Waals surface area (Å²) in [5, 5.41) is 10.3. The monoisotopic (exact) mass is 396 g/mol. The first kappa shape index (κ1) is 18.0. The van der Waals surface area contributed by atoms with E-state index in [0.29, 0.717) is 22.5 Å². The summed E-state index contributed by atoms with van der Waals surface area (Å²) in [7, 11) is -3.76. The number of aromatic nitrogens is 2. The zero-order valence-electron chi connectivity index (χ0n) is 14.5. The number of anilines is 1. The van der Waals surface area contributed by atoms with Gasteiger partial charge in [-0.05, 0) is 36.4 Å². The minimum Gasteiger partial charge on any atom is -0.468 e. The quantitative estimate of drug-likeness (QED) is 0.463. The van der Waals surface area contributed by atoms with Crippen LogP contribution in [0.4, 0.5) is 5.69 Å². The van der Waals surface area contributed by atoms with Gasteiger partial charge in [-0.2, -0.15) is 5.10 Å². The molecule has 3 N–H and O–H groups in total. The van der Waals surface area contributed by atoms with Crippen LogP contribution >= 0.6 is 0 Å². The second-order valence-corrected chi connectivity index (χ2v) is 7.79. The Bertz CT molecular complexity index is 1230. The van der Waals surface area contributed by atoms with Gasteiger partial charge in [0.25, 0.3) is 5.91 Å². The highest BCUT2D eigenvalue weighted by atomic mass is 32.2. The molecule has 0 aliphatic rings. The number of carbonyl (C=O) groups is 1. The van der Waals surface area contributed by atoms with E-state index in [-0.39, 0.29) is 17.3 Å². The predicted molar refractivity (Wildman–Crippen MR) is 103 cm³/mol. The van der Waals surface area contributed by atoms with Crippen molar-refractivity contribution in [2.45, 2.75) is 11.4 Å². The number of nitrogens with one attached hydrogen (secondary N) is 3. The molecule has 0 fully saturated rings. The maximum Gasteiger partial charge on any atom is 0.257 e. The van der Waals surface area contributed by atoms with E-state index in [0.717, 1.165) is 5.39 Å². The molecule has 0 aliphatic heterocycles. The van der Waals surface area contributed by atoms with E-state index in [1.54, 1.807) is 42.6 Å². The fourth-order valence-electron chi connectivity index (χ4n) is 2.76. The molecule has 4 rings (SSSR count). The van der Waals surface area contributed by atoms with Crippen molar-refractivity contribution in [2.75, 3.05) is 5.32 Å². The van der Waals surface area contributed by atoms with E-state index in [9.17, 15) is 13.2 Å². The number of para-hydroxylation sites is 1. The molecular weight excluding hydrogens is 380 g/mol. The van der Waals surface area contributed by atoms with Crippen molar-refractivity contribution in [3.05, 3.63) is 78.4 Å². The Morgan fingerprint density at radius 2 is 1.96 bits per heavy atom. The first-order chi connectivity index (χ1) is 13.5. The van der Waals surface area contributed by atoms with Gasteiger partial charge in [0, 0.05) is 11.1 Å². The molecule has 0 saturated carbocycles. The van der Waals surface area contributed by atoms with Gasteiger partial charge in [0.1, 0.15) is 5.76 Å². The average molecular weight is 396 g/mol. The van der Waals surface area contributed by atoms with Crippen LogP contribution in [0.1, 0.15) is 16.1 Å². The van der Waals surface area contributed by atoms with Gasteiger partial charge in [0.05, 0.1) is 35.0 Å². The number of sulfonamides is 1. The lowest BCUT2D eigenvalue weighted by Crippen LogP contribution is -2.23. The summed E-state index contributed by atoms with van der Waals surface area (Å²) in [6.07, 6.45) is 3.10. The number of fused-ring (bicyclic) bond motifs is 1. The number of furan rings is 1. The van der Waals surface area contributed by atoms with Gasteiger partial charge in [0.15, 0.2) is 0 Å².